The van der Waals surface area contributed by atoms with E-state index in [0.717, 1.165) is 28.9 Å². The molecule has 0 aliphatic carbocycles. The van der Waals surface area contributed by atoms with Crippen LogP contribution < -0.4 is 14.9 Å². The van der Waals surface area contributed by atoms with Gasteiger partial charge in [-0.3, -0.25) is 9.69 Å². The highest BCUT2D eigenvalue weighted by Gasteiger charge is 2.29. The molecule has 2 aliphatic rings. The van der Waals surface area contributed by atoms with Crippen LogP contribution in [0.3, 0.4) is 0 Å². The molecule has 288 valence electrons. The number of nitrogens with one attached hydrogen (secondary N) is 2. The summed E-state index contributed by atoms with van der Waals surface area (Å²) in [5, 5.41) is 3.97. The van der Waals surface area contributed by atoms with Crippen molar-refractivity contribution >= 4 is 48.7 Å². The van der Waals surface area contributed by atoms with Gasteiger partial charge in [-0.25, -0.2) is 21.6 Å². The molecule has 2 aliphatic heterocycles. The molecular formula is C43H41ClN4O6S2. The van der Waals surface area contributed by atoms with Crippen LogP contribution >= 0.6 is 11.6 Å². The number of halogens is 1. The average molecular weight is 809 g/mol. The van der Waals surface area contributed by atoms with Crippen molar-refractivity contribution in [2.45, 2.75) is 28.2 Å². The SMILES string of the molecule is Cc1cc(S(=O)(=O)NC(=O)c2ccc(N3CCN(Cc4ccccc4-c4ccc(Cl)cc4)CC3)cc2S(=O)(=O)c2ccccc2)ccc1NCC1=CCOC=C1. The molecule has 13 heteroatoms. The summed E-state index contributed by atoms with van der Waals surface area (Å²) in [6, 6.07) is 32.9. The minimum absolute atomic E-state index is 0.0102. The fourth-order valence-electron chi connectivity index (χ4n) is 6.80. The molecule has 56 heavy (non-hydrogen) atoms. The predicted molar refractivity (Wildman–Crippen MR) is 220 cm³/mol. The van der Waals surface area contributed by atoms with Crippen molar-refractivity contribution in [1.82, 2.24) is 9.62 Å². The summed E-state index contributed by atoms with van der Waals surface area (Å²) in [6.45, 7) is 6.16. The van der Waals surface area contributed by atoms with Crippen LogP contribution in [0, 0.1) is 6.92 Å². The van der Waals surface area contributed by atoms with E-state index in [1.54, 1.807) is 43.5 Å². The summed E-state index contributed by atoms with van der Waals surface area (Å²) in [5.41, 5.74) is 6.17. The highest BCUT2D eigenvalue weighted by Crippen LogP contribution is 2.31. The van der Waals surface area contributed by atoms with Crippen LogP contribution in [0.2, 0.25) is 5.02 Å². The minimum atomic E-state index is -4.38. The van der Waals surface area contributed by atoms with Crippen molar-refractivity contribution in [2.24, 2.45) is 0 Å². The van der Waals surface area contributed by atoms with Crippen LogP contribution in [0.25, 0.3) is 11.1 Å². The Kier molecular flexibility index (Phi) is 11.6. The van der Waals surface area contributed by atoms with Crippen molar-refractivity contribution in [3.05, 3.63) is 161 Å². The van der Waals surface area contributed by atoms with Gasteiger partial charge >= 0.3 is 0 Å². The number of benzene rings is 5. The van der Waals surface area contributed by atoms with E-state index in [9.17, 15) is 21.6 Å². The molecule has 10 nitrogen and oxygen atoms in total. The van der Waals surface area contributed by atoms with Crippen LogP contribution in [0.5, 0.6) is 0 Å². The molecule has 5 aromatic carbocycles. The van der Waals surface area contributed by atoms with Crippen LogP contribution in [-0.4, -0.2) is 67.0 Å². The molecule has 2 N–H and O–H groups in total. The third-order valence-electron chi connectivity index (χ3n) is 9.90. The minimum Gasteiger partial charge on any atom is -0.497 e. The first-order chi connectivity index (χ1) is 27.0. The average Bonchev–Trinajstić information content (AvgIpc) is 3.21. The number of carbonyl (C=O) groups excluding carboxylic acids is 1. The van der Waals surface area contributed by atoms with Crippen molar-refractivity contribution in [2.75, 3.05) is 49.5 Å². The smallest absolute Gasteiger partial charge is 0.266 e. The molecule has 2 heterocycles. The number of anilines is 2. The lowest BCUT2D eigenvalue weighted by molar-refractivity contribution is 0.0978. The molecule has 0 radical (unpaired) electrons. The summed E-state index contributed by atoms with van der Waals surface area (Å²) in [6.07, 6.45) is 5.42. The largest absolute Gasteiger partial charge is 0.497 e. The van der Waals surface area contributed by atoms with Crippen molar-refractivity contribution in [1.29, 1.82) is 0 Å². The lowest BCUT2D eigenvalue weighted by Crippen LogP contribution is -2.46. The van der Waals surface area contributed by atoms with E-state index in [1.807, 2.05) is 48.6 Å². The zero-order valence-corrected chi connectivity index (χ0v) is 33.1. The number of hydrogen-bond acceptors (Lipinski definition) is 9. The summed E-state index contributed by atoms with van der Waals surface area (Å²) < 4.78 is 62.7. The van der Waals surface area contributed by atoms with E-state index in [2.05, 4.69) is 32.0 Å². The highest BCUT2D eigenvalue weighted by atomic mass is 35.5. The summed E-state index contributed by atoms with van der Waals surface area (Å²) >= 11 is 6.14. The lowest BCUT2D eigenvalue weighted by Gasteiger charge is -2.36. The van der Waals surface area contributed by atoms with Gasteiger partial charge in [-0.15, -0.1) is 0 Å². The van der Waals surface area contributed by atoms with Crippen LogP contribution in [0.15, 0.2) is 154 Å². The number of sulfone groups is 1. The first kappa shape index (κ1) is 38.9. The number of sulfonamides is 1. The second-order valence-corrected chi connectivity index (χ2v) is 17.6. The van der Waals surface area contributed by atoms with Gasteiger partial charge in [-0.05, 0) is 108 Å². The molecule has 0 spiro atoms. The number of aryl methyl sites for hydroxylation is 1. The molecule has 0 bridgehead atoms. The van der Waals surface area contributed by atoms with Gasteiger partial charge in [-0.2, -0.15) is 0 Å². The Morgan fingerprint density at radius 1 is 0.804 bits per heavy atom. The van der Waals surface area contributed by atoms with Gasteiger partial charge in [0.2, 0.25) is 9.84 Å². The Bertz CT molecular complexity index is 2520. The first-order valence-corrected chi connectivity index (χ1v) is 21.5. The maximum absolute atomic E-state index is 14.1. The summed E-state index contributed by atoms with van der Waals surface area (Å²) in [5.74, 6) is -1.05. The van der Waals surface area contributed by atoms with Gasteiger partial charge in [0, 0.05) is 55.7 Å². The van der Waals surface area contributed by atoms with Crippen molar-refractivity contribution in [3.8, 4) is 11.1 Å². The third-order valence-corrected chi connectivity index (χ3v) is 13.3. The van der Waals surface area contributed by atoms with Crippen molar-refractivity contribution < 1.29 is 26.4 Å². The molecule has 0 aromatic heterocycles. The molecular weight excluding hydrogens is 768 g/mol. The van der Waals surface area contributed by atoms with Gasteiger partial charge in [0.05, 0.1) is 26.5 Å². The molecule has 5 aromatic rings. The Morgan fingerprint density at radius 3 is 2.25 bits per heavy atom. The number of piperazine rings is 1. The second-order valence-electron chi connectivity index (χ2n) is 13.6. The number of hydrogen-bond donors (Lipinski definition) is 2. The summed E-state index contributed by atoms with van der Waals surface area (Å²) in [7, 11) is -8.61. The normalized spacial score (nSPS) is 14.8. The van der Waals surface area contributed by atoms with E-state index >= 15 is 0 Å². The number of nitrogens with zero attached hydrogens (tertiary/aromatic N) is 2. The number of ether oxygens (including phenoxy) is 1. The van der Waals surface area contributed by atoms with Crippen LogP contribution in [0.1, 0.15) is 21.5 Å². The van der Waals surface area contributed by atoms with E-state index in [-0.39, 0.29) is 20.2 Å². The van der Waals surface area contributed by atoms with Gasteiger partial charge in [0.25, 0.3) is 15.9 Å². The van der Waals surface area contributed by atoms with Gasteiger partial charge in [0.15, 0.2) is 0 Å². The summed E-state index contributed by atoms with van der Waals surface area (Å²) in [4.78, 5) is 17.8. The third kappa shape index (κ3) is 8.84. The van der Waals surface area contributed by atoms with E-state index in [0.29, 0.717) is 55.6 Å². The van der Waals surface area contributed by atoms with Crippen LogP contribution in [0.4, 0.5) is 11.4 Å². The second kappa shape index (κ2) is 16.8. The molecule has 0 unspecified atom stereocenters. The van der Waals surface area contributed by atoms with E-state index in [4.69, 9.17) is 16.3 Å². The predicted octanol–water partition coefficient (Wildman–Crippen LogP) is 7.47. The topological polar surface area (TPSA) is 125 Å². The van der Waals surface area contributed by atoms with Gasteiger partial charge in [0.1, 0.15) is 6.61 Å². The standard InChI is InChI=1S/C43H41ClN4O6S2/c1-31-27-38(16-18-41(31)45-29-32-19-25-54-26-20-32)56(52,53)46-43(49)40-17-15-36(28-42(40)55(50,51)37-8-3-2-4-9-37)48-23-21-47(22-24-48)30-34-7-5-6-10-39(34)33-11-13-35(44)14-12-33/h2-20,25,27-28,45H,21-24,26,29-30H2,1H3,(H,46,49). The Labute approximate surface area is 333 Å². The lowest BCUT2D eigenvalue weighted by atomic mass is 9.99. The first-order valence-electron chi connectivity index (χ1n) is 18.1. The fourth-order valence-corrected chi connectivity index (χ4v) is 9.47. The monoisotopic (exact) mass is 808 g/mol. The molecule has 0 atom stereocenters. The van der Waals surface area contributed by atoms with E-state index < -0.39 is 25.8 Å². The van der Waals surface area contributed by atoms with Gasteiger partial charge in [-0.1, -0.05) is 66.2 Å². The Morgan fingerprint density at radius 2 is 1.54 bits per heavy atom. The highest BCUT2D eigenvalue weighted by molar-refractivity contribution is 7.91. The maximum atomic E-state index is 14.1. The molecule has 1 fully saturated rings. The zero-order chi connectivity index (χ0) is 39.3. The van der Waals surface area contributed by atoms with Crippen molar-refractivity contribution in [3.63, 3.8) is 0 Å². The van der Waals surface area contributed by atoms with Crippen LogP contribution in [-0.2, 0) is 31.1 Å². The molecule has 1 saturated heterocycles. The fraction of sp³-hybridized carbons (Fsp3) is 0.186. The number of carbonyl (C=O) groups is 1. The van der Waals surface area contributed by atoms with E-state index in [1.165, 1.54) is 42.0 Å². The number of rotatable bonds is 12. The maximum Gasteiger partial charge on any atom is 0.266 e. The Balaban J connectivity index is 1.09. The Hall–Kier alpha value is -5.40. The van der Waals surface area contributed by atoms with Gasteiger partial charge < -0.3 is 15.0 Å². The quantitative estimate of drug-likeness (QED) is 0.132. The molecule has 7 rings (SSSR count). The zero-order valence-electron chi connectivity index (χ0n) is 30.7. The molecule has 0 saturated carbocycles. The number of amides is 1. The molecule has 1 amide bonds.